The molecule has 0 bridgehead atoms. The molecule has 2 aromatic rings. The van der Waals surface area contributed by atoms with Crippen LogP contribution in [0.25, 0.3) is 0 Å². The molecular formula is C27H44O3Si2. The molecule has 0 unspecified atom stereocenters. The van der Waals surface area contributed by atoms with Crippen LogP contribution < -0.4 is 10.4 Å². The molecule has 0 aromatic heterocycles. The van der Waals surface area contributed by atoms with Gasteiger partial charge in [0.1, 0.15) is 0 Å². The zero-order valence-electron chi connectivity index (χ0n) is 21.4. The van der Waals surface area contributed by atoms with Crippen LogP contribution in [-0.4, -0.2) is 41.1 Å². The van der Waals surface area contributed by atoms with Gasteiger partial charge in [0, 0.05) is 6.61 Å². The van der Waals surface area contributed by atoms with Crippen molar-refractivity contribution >= 4 is 27.0 Å². The van der Waals surface area contributed by atoms with Crippen LogP contribution in [0, 0.1) is 0 Å². The van der Waals surface area contributed by atoms with Crippen molar-refractivity contribution in [3.63, 3.8) is 0 Å². The normalized spacial score (nSPS) is 14.4. The first kappa shape index (κ1) is 27.0. The maximum Gasteiger partial charge on any atom is 0.261 e. The minimum Gasteiger partial charge on any atom is -0.417 e. The third kappa shape index (κ3) is 6.20. The third-order valence-electron chi connectivity index (χ3n) is 6.90. The van der Waals surface area contributed by atoms with E-state index >= 15 is 0 Å². The quantitative estimate of drug-likeness (QED) is 0.355. The molecule has 3 nitrogen and oxygen atoms in total. The van der Waals surface area contributed by atoms with Crippen LogP contribution in [0.5, 0.6) is 0 Å². The second-order valence-electron chi connectivity index (χ2n) is 11.3. The van der Waals surface area contributed by atoms with Crippen LogP contribution in [0.3, 0.4) is 0 Å². The third-order valence-corrected chi connectivity index (χ3v) is 16.5. The average molecular weight is 473 g/mol. The van der Waals surface area contributed by atoms with Crippen molar-refractivity contribution in [3.05, 3.63) is 60.7 Å². The summed E-state index contributed by atoms with van der Waals surface area (Å²) in [6, 6.07) is 21.3. The van der Waals surface area contributed by atoms with Crippen molar-refractivity contribution in [2.75, 3.05) is 13.2 Å². The lowest BCUT2D eigenvalue weighted by molar-refractivity contribution is 0.0934. The SMILES string of the molecule is CC(C)(C)[Si](C)(C)OCCC[C@@H](CO)O[Si](c1ccccc1)(c1ccccc1)C(C)(C)C. The lowest BCUT2D eigenvalue weighted by Crippen LogP contribution is -2.68. The predicted molar refractivity (Wildman–Crippen MR) is 142 cm³/mol. The Kier molecular flexibility index (Phi) is 9.10. The van der Waals surface area contributed by atoms with E-state index in [1.807, 2.05) is 0 Å². The van der Waals surface area contributed by atoms with E-state index in [2.05, 4.69) is 115 Å². The molecule has 0 aliphatic heterocycles. The molecule has 2 aromatic carbocycles. The molecule has 0 aliphatic carbocycles. The molecule has 0 saturated carbocycles. The molecule has 2 rings (SSSR count). The van der Waals surface area contributed by atoms with Gasteiger partial charge < -0.3 is 14.0 Å². The van der Waals surface area contributed by atoms with Gasteiger partial charge in [-0.25, -0.2) is 0 Å². The maximum absolute atomic E-state index is 10.3. The molecule has 1 atom stereocenters. The van der Waals surface area contributed by atoms with Crippen LogP contribution in [0.4, 0.5) is 0 Å². The summed E-state index contributed by atoms with van der Waals surface area (Å²) in [7, 11) is -4.42. The van der Waals surface area contributed by atoms with Gasteiger partial charge in [-0.15, -0.1) is 0 Å². The summed E-state index contributed by atoms with van der Waals surface area (Å²) in [6.07, 6.45) is 1.45. The van der Waals surface area contributed by atoms with E-state index in [0.29, 0.717) is 0 Å². The lowest BCUT2D eigenvalue weighted by atomic mass is 10.2. The molecule has 0 spiro atoms. The molecule has 5 heteroatoms. The van der Waals surface area contributed by atoms with Gasteiger partial charge in [-0.2, -0.15) is 0 Å². The molecule has 0 fully saturated rings. The Labute approximate surface area is 198 Å². The van der Waals surface area contributed by atoms with Gasteiger partial charge in [-0.05, 0) is 46.4 Å². The van der Waals surface area contributed by atoms with Crippen LogP contribution in [0.2, 0.25) is 23.2 Å². The fourth-order valence-corrected chi connectivity index (χ4v) is 9.78. The van der Waals surface area contributed by atoms with Crippen molar-refractivity contribution in [3.8, 4) is 0 Å². The number of benzene rings is 2. The molecule has 0 amide bonds. The van der Waals surface area contributed by atoms with Crippen molar-refractivity contribution < 1.29 is 14.0 Å². The van der Waals surface area contributed by atoms with E-state index in [1.165, 1.54) is 10.4 Å². The second kappa shape index (κ2) is 10.8. The first-order valence-corrected chi connectivity index (χ1v) is 16.7. The first-order valence-electron chi connectivity index (χ1n) is 11.9. The van der Waals surface area contributed by atoms with E-state index in [1.54, 1.807) is 0 Å². The summed E-state index contributed by atoms with van der Waals surface area (Å²) >= 11 is 0. The molecule has 178 valence electrons. The molecule has 0 saturated heterocycles. The van der Waals surface area contributed by atoms with E-state index in [4.69, 9.17) is 8.85 Å². The standard InChI is InChI=1S/C27H44O3Si2/c1-26(2,3)31(7,8)29-21-15-16-23(22-28)30-32(27(4,5)6,24-17-11-9-12-18-24)25-19-13-10-14-20-25/h9-14,17-20,23,28H,15-16,21-22H2,1-8H3/t23-/m0/s1. The average Bonchev–Trinajstić information content (AvgIpc) is 2.73. The summed E-state index contributed by atoms with van der Waals surface area (Å²) in [4.78, 5) is 0. The largest absolute Gasteiger partial charge is 0.417 e. The zero-order chi connectivity index (χ0) is 24.0. The summed E-state index contributed by atoms with van der Waals surface area (Å²) in [5.41, 5.74) is 0. The van der Waals surface area contributed by atoms with Crippen LogP contribution in [0.15, 0.2) is 60.7 Å². The molecule has 0 aliphatic rings. The molecule has 0 heterocycles. The Bertz CT molecular complexity index is 769. The lowest BCUT2D eigenvalue weighted by Gasteiger charge is -2.45. The molecule has 1 N–H and O–H groups in total. The van der Waals surface area contributed by atoms with Gasteiger partial charge in [0.2, 0.25) is 0 Å². The van der Waals surface area contributed by atoms with Crippen LogP contribution in [0.1, 0.15) is 54.4 Å². The Morgan fingerprint density at radius 1 is 0.781 bits per heavy atom. The highest BCUT2D eigenvalue weighted by molar-refractivity contribution is 6.99. The maximum atomic E-state index is 10.3. The smallest absolute Gasteiger partial charge is 0.261 e. The van der Waals surface area contributed by atoms with Crippen molar-refractivity contribution in [2.45, 2.75) is 83.7 Å². The van der Waals surface area contributed by atoms with Gasteiger partial charge in [-0.1, -0.05) is 102 Å². The van der Waals surface area contributed by atoms with Gasteiger partial charge in [0.05, 0.1) is 12.7 Å². The zero-order valence-corrected chi connectivity index (χ0v) is 23.4. The Morgan fingerprint density at radius 3 is 1.62 bits per heavy atom. The van der Waals surface area contributed by atoms with Gasteiger partial charge >= 0.3 is 0 Å². The minimum absolute atomic E-state index is 0.0184. The molecule has 32 heavy (non-hydrogen) atoms. The van der Waals surface area contributed by atoms with E-state index in [0.717, 1.165) is 19.4 Å². The number of hydrogen-bond acceptors (Lipinski definition) is 3. The summed E-state index contributed by atoms with van der Waals surface area (Å²) in [5, 5.41) is 12.9. The first-order chi connectivity index (χ1) is 14.8. The number of hydrogen-bond donors (Lipinski definition) is 1. The summed E-state index contributed by atoms with van der Waals surface area (Å²) < 4.78 is 13.4. The fourth-order valence-electron chi connectivity index (χ4n) is 3.98. The summed E-state index contributed by atoms with van der Waals surface area (Å²) in [5.74, 6) is 0. The second-order valence-corrected chi connectivity index (χ2v) is 20.4. The topological polar surface area (TPSA) is 38.7 Å². The number of rotatable bonds is 10. The van der Waals surface area contributed by atoms with Crippen LogP contribution >= 0.6 is 0 Å². The number of aliphatic hydroxyl groups excluding tert-OH is 1. The highest BCUT2D eigenvalue weighted by Crippen LogP contribution is 2.38. The van der Waals surface area contributed by atoms with Crippen LogP contribution in [-0.2, 0) is 8.85 Å². The van der Waals surface area contributed by atoms with Gasteiger partial charge in [0.25, 0.3) is 8.32 Å². The van der Waals surface area contributed by atoms with Crippen molar-refractivity contribution in [2.24, 2.45) is 0 Å². The monoisotopic (exact) mass is 472 g/mol. The Morgan fingerprint density at radius 2 is 1.25 bits per heavy atom. The molecule has 0 radical (unpaired) electrons. The van der Waals surface area contributed by atoms with Gasteiger partial charge in [0.15, 0.2) is 8.32 Å². The molecular weight excluding hydrogens is 428 g/mol. The van der Waals surface area contributed by atoms with E-state index in [9.17, 15) is 5.11 Å². The van der Waals surface area contributed by atoms with E-state index in [-0.39, 0.29) is 22.8 Å². The number of aliphatic hydroxyl groups is 1. The van der Waals surface area contributed by atoms with Crippen molar-refractivity contribution in [1.82, 2.24) is 0 Å². The van der Waals surface area contributed by atoms with Crippen molar-refractivity contribution in [1.29, 1.82) is 0 Å². The Balaban J connectivity index is 2.29. The summed E-state index contributed by atoms with van der Waals surface area (Å²) in [6.45, 7) is 18.9. The van der Waals surface area contributed by atoms with E-state index < -0.39 is 16.6 Å². The fraction of sp³-hybridized carbons (Fsp3) is 0.556. The van der Waals surface area contributed by atoms with Gasteiger partial charge in [-0.3, -0.25) is 0 Å². The Hall–Kier alpha value is -1.25. The predicted octanol–water partition coefficient (Wildman–Crippen LogP) is 5.73. The highest BCUT2D eigenvalue weighted by atomic mass is 28.4. The minimum atomic E-state index is -2.65. The highest BCUT2D eigenvalue weighted by Gasteiger charge is 2.51.